The minimum Gasteiger partial charge on any atom is -0.378 e. The SMILES string of the molecule is Cc1cc2nnc(SCC(=O)N3CCOCC3)n2c(C)n1. The number of hydrogen-bond acceptors (Lipinski definition) is 6. The van der Waals surface area contributed by atoms with Crippen LogP contribution in [0.25, 0.3) is 5.65 Å². The number of hydrogen-bond donors (Lipinski definition) is 0. The molecule has 1 amide bonds. The van der Waals surface area contributed by atoms with E-state index in [0.29, 0.717) is 37.2 Å². The Balaban J connectivity index is 1.72. The van der Waals surface area contributed by atoms with Crippen molar-refractivity contribution in [1.29, 1.82) is 0 Å². The molecule has 0 aliphatic carbocycles. The molecule has 0 radical (unpaired) electrons. The molecular formula is C13H17N5O2S. The number of amides is 1. The number of carbonyl (C=O) groups excluding carboxylic acids is 1. The molecule has 0 N–H and O–H groups in total. The maximum atomic E-state index is 12.1. The van der Waals surface area contributed by atoms with Crippen molar-refractivity contribution in [3.8, 4) is 0 Å². The molecule has 7 nitrogen and oxygen atoms in total. The highest BCUT2D eigenvalue weighted by atomic mass is 32.2. The van der Waals surface area contributed by atoms with Gasteiger partial charge in [0.2, 0.25) is 5.91 Å². The monoisotopic (exact) mass is 307 g/mol. The van der Waals surface area contributed by atoms with Gasteiger partial charge in [-0.3, -0.25) is 9.20 Å². The van der Waals surface area contributed by atoms with Crippen LogP contribution >= 0.6 is 11.8 Å². The van der Waals surface area contributed by atoms with Crippen LogP contribution in [0.15, 0.2) is 11.2 Å². The summed E-state index contributed by atoms with van der Waals surface area (Å²) in [6.07, 6.45) is 0. The second-order valence-electron chi connectivity index (χ2n) is 4.90. The first-order valence-electron chi connectivity index (χ1n) is 6.83. The van der Waals surface area contributed by atoms with Crippen molar-refractivity contribution >= 4 is 23.3 Å². The smallest absolute Gasteiger partial charge is 0.233 e. The molecule has 1 fully saturated rings. The van der Waals surface area contributed by atoms with E-state index in [9.17, 15) is 4.79 Å². The van der Waals surface area contributed by atoms with Crippen LogP contribution in [0, 0.1) is 13.8 Å². The van der Waals surface area contributed by atoms with Crippen molar-refractivity contribution in [3.63, 3.8) is 0 Å². The molecule has 0 unspecified atom stereocenters. The predicted octanol–water partition coefficient (Wildman–Crippen LogP) is 0.692. The van der Waals surface area contributed by atoms with Gasteiger partial charge in [-0.2, -0.15) is 0 Å². The fourth-order valence-corrected chi connectivity index (χ4v) is 3.22. The molecule has 0 atom stereocenters. The van der Waals surface area contributed by atoms with Gasteiger partial charge in [0.25, 0.3) is 0 Å². The maximum Gasteiger partial charge on any atom is 0.233 e. The predicted molar refractivity (Wildman–Crippen MR) is 78.4 cm³/mol. The summed E-state index contributed by atoms with van der Waals surface area (Å²) in [5.74, 6) is 1.29. The zero-order valence-corrected chi connectivity index (χ0v) is 12.9. The van der Waals surface area contributed by atoms with Crippen LogP contribution in [0.4, 0.5) is 0 Å². The van der Waals surface area contributed by atoms with Crippen LogP contribution in [0.1, 0.15) is 11.5 Å². The number of aromatic nitrogens is 4. The first-order valence-corrected chi connectivity index (χ1v) is 7.81. The summed E-state index contributed by atoms with van der Waals surface area (Å²) < 4.78 is 7.13. The molecule has 2 aromatic rings. The first kappa shape index (κ1) is 14.3. The van der Waals surface area contributed by atoms with Crippen LogP contribution in [0.3, 0.4) is 0 Å². The van der Waals surface area contributed by atoms with Crippen LogP contribution < -0.4 is 0 Å². The van der Waals surface area contributed by atoms with Gasteiger partial charge in [0.1, 0.15) is 5.82 Å². The standard InChI is InChI=1S/C13H17N5O2S/c1-9-7-11-15-16-13(18(11)10(2)14-9)21-8-12(19)17-3-5-20-6-4-17/h7H,3-6,8H2,1-2H3. The number of nitrogens with zero attached hydrogens (tertiary/aromatic N) is 5. The molecular weight excluding hydrogens is 290 g/mol. The third kappa shape index (κ3) is 3.01. The van der Waals surface area contributed by atoms with Crippen LogP contribution in [0.5, 0.6) is 0 Å². The average molecular weight is 307 g/mol. The molecule has 3 heterocycles. The van der Waals surface area contributed by atoms with E-state index in [4.69, 9.17) is 4.74 Å². The van der Waals surface area contributed by atoms with E-state index >= 15 is 0 Å². The minimum atomic E-state index is 0.109. The molecule has 0 aromatic carbocycles. The van der Waals surface area contributed by atoms with Crippen LogP contribution in [0.2, 0.25) is 0 Å². The van der Waals surface area contributed by atoms with E-state index in [-0.39, 0.29) is 5.91 Å². The lowest BCUT2D eigenvalue weighted by Crippen LogP contribution is -2.41. The summed E-state index contributed by atoms with van der Waals surface area (Å²) in [4.78, 5) is 18.4. The summed E-state index contributed by atoms with van der Waals surface area (Å²) in [5.41, 5.74) is 1.68. The van der Waals surface area contributed by atoms with Crippen molar-refractivity contribution in [3.05, 3.63) is 17.6 Å². The molecule has 0 saturated carbocycles. The Bertz CT molecular complexity index is 666. The lowest BCUT2D eigenvalue weighted by molar-refractivity contribution is -0.132. The van der Waals surface area contributed by atoms with Crippen molar-refractivity contribution in [2.75, 3.05) is 32.1 Å². The third-order valence-electron chi connectivity index (χ3n) is 3.35. The quantitative estimate of drug-likeness (QED) is 0.777. The van der Waals surface area contributed by atoms with E-state index in [1.165, 1.54) is 11.8 Å². The Morgan fingerprint density at radius 3 is 2.86 bits per heavy atom. The van der Waals surface area contributed by atoms with E-state index in [1.807, 2.05) is 29.2 Å². The van der Waals surface area contributed by atoms with Crippen LogP contribution in [-0.2, 0) is 9.53 Å². The number of ether oxygens (including phenoxy) is 1. The maximum absolute atomic E-state index is 12.1. The van der Waals surface area contributed by atoms with E-state index < -0.39 is 0 Å². The molecule has 21 heavy (non-hydrogen) atoms. The zero-order chi connectivity index (χ0) is 14.8. The number of morpholine rings is 1. The summed E-state index contributed by atoms with van der Waals surface area (Å²) in [5, 5.41) is 9.00. The molecule has 2 aromatic heterocycles. The molecule has 3 rings (SSSR count). The molecule has 0 spiro atoms. The van der Waals surface area contributed by atoms with E-state index in [0.717, 1.165) is 17.2 Å². The normalized spacial score (nSPS) is 15.6. The highest BCUT2D eigenvalue weighted by Crippen LogP contribution is 2.19. The van der Waals surface area contributed by atoms with Crippen molar-refractivity contribution in [2.24, 2.45) is 0 Å². The molecule has 1 aliphatic rings. The van der Waals surface area contributed by atoms with Crippen molar-refractivity contribution < 1.29 is 9.53 Å². The van der Waals surface area contributed by atoms with Crippen LogP contribution in [-0.4, -0.2) is 62.4 Å². The summed E-state index contributed by atoms with van der Waals surface area (Å²) in [7, 11) is 0. The lowest BCUT2D eigenvalue weighted by Gasteiger charge is -2.26. The fraction of sp³-hybridized carbons (Fsp3) is 0.538. The second kappa shape index (κ2) is 5.98. The zero-order valence-electron chi connectivity index (χ0n) is 12.1. The Hall–Kier alpha value is -1.67. The third-order valence-corrected chi connectivity index (χ3v) is 4.26. The molecule has 8 heteroatoms. The topological polar surface area (TPSA) is 72.6 Å². The van der Waals surface area contributed by atoms with Gasteiger partial charge in [-0.1, -0.05) is 11.8 Å². The first-order chi connectivity index (χ1) is 10.1. The number of carbonyl (C=O) groups is 1. The summed E-state index contributed by atoms with van der Waals surface area (Å²) >= 11 is 1.40. The van der Waals surface area contributed by atoms with Gasteiger partial charge in [-0.25, -0.2) is 4.98 Å². The van der Waals surface area contributed by atoms with E-state index in [2.05, 4.69) is 15.2 Å². The van der Waals surface area contributed by atoms with Gasteiger partial charge in [0.15, 0.2) is 10.8 Å². The summed E-state index contributed by atoms with van der Waals surface area (Å²) in [6.45, 7) is 6.41. The Kier molecular flexibility index (Phi) is 4.07. The van der Waals surface area contributed by atoms with Gasteiger partial charge in [-0.05, 0) is 13.8 Å². The summed E-state index contributed by atoms with van der Waals surface area (Å²) in [6, 6.07) is 1.88. The van der Waals surface area contributed by atoms with Gasteiger partial charge in [-0.15, -0.1) is 10.2 Å². The lowest BCUT2D eigenvalue weighted by atomic mass is 10.4. The largest absolute Gasteiger partial charge is 0.378 e. The van der Waals surface area contributed by atoms with Crippen molar-refractivity contribution in [1.82, 2.24) is 24.5 Å². The van der Waals surface area contributed by atoms with E-state index in [1.54, 1.807) is 0 Å². The van der Waals surface area contributed by atoms with Gasteiger partial charge < -0.3 is 9.64 Å². The number of aryl methyl sites for hydroxylation is 2. The number of thioether (sulfide) groups is 1. The fourth-order valence-electron chi connectivity index (χ4n) is 2.33. The highest BCUT2D eigenvalue weighted by Gasteiger charge is 2.18. The molecule has 0 bridgehead atoms. The average Bonchev–Trinajstić information content (AvgIpc) is 2.89. The number of rotatable bonds is 3. The molecule has 1 saturated heterocycles. The molecule has 1 aliphatic heterocycles. The van der Waals surface area contributed by atoms with Gasteiger partial charge in [0.05, 0.1) is 19.0 Å². The number of fused-ring (bicyclic) bond motifs is 1. The second-order valence-corrected chi connectivity index (χ2v) is 5.85. The Labute approximate surface area is 126 Å². The highest BCUT2D eigenvalue weighted by molar-refractivity contribution is 7.99. The Morgan fingerprint density at radius 1 is 1.33 bits per heavy atom. The van der Waals surface area contributed by atoms with Gasteiger partial charge in [0, 0.05) is 24.8 Å². The van der Waals surface area contributed by atoms with Gasteiger partial charge >= 0.3 is 0 Å². The molecule has 112 valence electrons. The van der Waals surface area contributed by atoms with Crippen molar-refractivity contribution in [2.45, 2.75) is 19.0 Å². The Morgan fingerprint density at radius 2 is 2.10 bits per heavy atom. The minimum absolute atomic E-state index is 0.109.